The van der Waals surface area contributed by atoms with Crippen LogP contribution in [-0.2, 0) is 11.3 Å². The molecule has 1 unspecified atom stereocenters. The van der Waals surface area contributed by atoms with Crippen LogP contribution in [0.2, 0.25) is 10.0 Å². The number of aromatic nitrogens is 2. The van der Waals surface area contributed by atoms with Gasteiger partial charge in [-0.3, -0.25) is 4.79 Å². The van der Waals surface area contributed by atoms with Crippen molar-refractivity contribution >= 4 is 34.9 Å². The summed E-state index contributed by atoms with van der Waals surface area (Å²) in [5.74, 6) is 0.747. The topological polar surface area (TPSA) is 56.2 Å². The maximum absolute atomic E-state index is 12.3. The maximum atomic E-state index is 12.3. The van der Waals surface area contributed by atoms with Crippen molar-refractivity contribution in [1.82, 2.24) is 9.78 Å². The molecule has 0 radical (unpaired) electrons. The Balaban J connectivity index is 2.00. The SMILES string of the molecule is CCCCn1nccc1NC(=O)C(C)Oc1cccc(Cl)c1Cl. The predicted octanol–water partition coefficient (Wildman–Crippen LogP) is 4.40. The van der Waals surface area contributed by atoms with Gasteiger partial charge in [-0.1, -0.05) is 42.6 Å². The summed E-state index contributed by atoms with van der Waals surface area (Å²) in [7, 11) is 0. The number of nitrogens with one attached hydrogen (secondary N) is 1. The Bertz CT molecular complexity index is 673. The van der Waals surface area contributed by atoms with Gasteiger partial charge < -0.3 is 10.1 Å². The number of carbonyl (C=O) groups excluding carboxylic acids is 1. The quantitative estimate of drug-likeness (QED) is 0.800. The van der Waals surface area contributed by atoms with Crippen molar-refractivity contribution in [2.75, 3.05) is 5.32 Å². The molecule has 5 nitrogen and oxygen atoms in total. The lowest BCUT2D eigenvalue weighted by Gasteiger charge is -2.16. The molecule has 0 fully saturated rings. The minimum Gasteiger partial charge on any atom is -0.479 e. The van der Waals surface area contributed by atoms with Crippen LogP contribution in [0.3, 0.4) is 0 Å². The molecule has 0 bridgehead atoms. The molecule has 0 aliphatic carbocycles. The highest BCUT2D eigenvalue weighted by Gasteiger charge is 2.18. The Kier molecular flexibility index (Phi) is 6.30. The van der Waals surface area contributed by atoms with Gasteiger partial charge in [0.25, 0.3) is 5.91 Å². The number of aryl methyl sites for hydroxylation is 1. The number of hydrogen-bond donors (Lipinski definition) is 1. The summed E-state index contributed by atoms with van der Waals surface area (Å²) >= 11 is 12.0. The van der Waals surface area contributed by atoms with Crippen LogP contribution >= 0.6 is 23.2 Å². The maximum Gasteiger partial charge on any atom is 0.266 e. The third kappa shape index (κ3) is 4.62. The van der Waals surface area contributed by atoms with Crippen LogP contribution in [-0.4, -0.2) is 21.8 Å². The van der Waals surface area contributed by atoms with E-state index in [-0.39, 0.29) is 5.91 Å². The minimum absolute atomic E-state index is 0.278. The minimum atomic E-state index is -0.722. The van der Waals surface area contributed by atoms with Crippen molar-refractivity contribution in [3.8, 4) is 5.75 Å². The van der Waals surface area contributed by atoms with E-state index >= 15 is 0 Å². The lowest BCUT2D eigenvalue weighted by atomic mass is 10.3. The largest absolute Gasteiger partial charge is 0.479 e. The molecule has 1 heterocycles. The molecular weight excluding hydrogens is 337 g/mol. The summed E-state index contributed by atoms with van der Waals surface area (Å²) in [6, 6.07) is 6.80. The van der Waals surface area contributed by atoms with E-state index in [9.17, 15) is 4.79 Å². The fourth-order valence-corrected chi connectivity index (χ4v) is 2.31. The van der Waals surface area contributed by atoms with Gasteiger partial charge in [-0.05, 0) is 25.5 Å². The van der Waals surface area contributed by atoms with Crippen molar-refractivity contribution in [1.29, 1.82) is 0 Å². The second-order valence-corrected chi connectivity index (χ2v) is 5.88. The van der Waals surface area contributed by atoms with Gasteiger partial charge in [-0.25, -0.2) is 4.68 Å². The molecule has 0 saturated carbocycles. The Hall–Kier alpha value is -1.72. The Morgan fingerprint density at radius 2 is 2.17 bits per heavy atom. The van der Waals surface area contributed by atoms with Crippen molar-refractivity contribution < 1.29 is 9.53 Å². The van der Waals surface area contributed by atoms with Gasteiger partial charge in [0.05, 0.1) is 11.2 Å². The van der Waals surface area contributed by atoms with Crippen LogP contribution in [0, 0.1) is 0 Å². The lowest BCUT2D eigenvalue weighted by Crippen LogP contribution is -2.31. The molecule has 2 rings (SSSR count). The van der Waals surface area contributed by atoms with Gasteiger partial charge >= 0.3 is 0 Å². The molecule has 2 aromatic rings. The molecule has 0 saturated heterocycles. The summed E-state index contributed by atoms with van der Waals surface area (Å²) in [5.41, 5.74) is 0. The van der Waals surface area contributed by atoms with Crippen molar-refractivity contribution in [3.63, 3.8) is 0 Å². The van der Waals surface area contributed by atoms with E-state index < -0.39 is 6.10 Å². The van der Waals surface area contributed by atoms with Crippen LogP contribution in [0.4, 0.5) is 5.82 Å². The first kappa shape index (κ1) is 17.6. The fraction of sp³-hybridized carbons (Fsp3) is 0.375. The normalized spacial score (nSPS) is 12.0. The van der Waals surface area contributed by atoms with Crippen molar-refractivity contribution in [3.05, 3.63) is 40.5 Å². The average molecular weight is 356 g/mol. The Morgan fingerprint density at radius 1 is 1.39 bits per heavy atom. The van der Waals surface area contributed by atoms with E-state index in [0.717, 1.165) is 19.4 Å². The van der Waals surface area contributed by atoms with Crippen LogP contribution in [0.25, 0.3) is 0 Å². The molecule has 0 aliphatic rings. The number of rotatable bonds is 7. The van der Waals surface area contributed by atoms with Gasteiger partial charge in [0, 0.05) is 12.6 Å². The summed E-state index contributed by atoms with van der Waals surface area (Å²) < 4.78 is 7.36. The predicted molar refractivity (Wildman–Crippen MR) is 92.3 cm³/mol. The first-order valence-corrected chi connectivity index (χ1v) is 8.22. The number of nitrogens with zero attached hydrogens (tertiary/aromatic N) is 2. The van der Waals surface area contributed by atoms with Gasteiger partial charge in [-0.2, -0.15) is 5.10 Å². The van der Waals surface area contributed by atoms with Crippen LogP contribution in [0.15, 0.2) is 30.5 Å². The molecule has 1 atom stereocenters. The second-order valence-electron chi connectivity index (χ2n) is 5.09. The lowest BCUT2D eigenvalue weighted by molar-refractivity contribution is -0.122. The smallest absolute Gasteiger partial charge is 0.266 e. The first-order chi connectivity index (χ1) is 11.0. The van der Waals surface area contributed by atoms with Crippen LogP contribution in [0.5, 0.6) is 5.75 Å². The standard InChI is InChI=1S/C16H19Cl2N3O2/c1-3-4-10-21-14(8-9-19-21)20-16(22)11(2)23-13-7-5-6-12(17)15(13)18/h5-9,11H,3-4,10H2,1-2H3,(H,20,22). The Labute approximate surface area is 145 Å². The van der Waals surface area contributed by atoms with E-state index in [0.29, 0.717) is 21.6 Å². The highest BCUT2D eigenvalue weighted by atomic mass is 35.5. The first-order valence-electron chi connectivity index (χ1n) is 7.46. The number of unbranched alkanes of at least 4 members (excludes halogenated alkanes) is 1. The number of benzene rings is 1. The number of hydrogen-bond acceptors (Lipinski definition) is 3. The number of carbonyl (C=O) groups is 1. The van der Waals surface area contributed by atoms with Gasteiger partial charge in [0.1, 0.15) is 16.6 Å². The van der Waals surface area contributed by atoms with Gasteiger partial charge in [-0.15, -0.1) is 0 Å². The van der Waals surface area contributed by atoms with E-state index in [2.05, 4.69) is 17.3 Å². The fourth-order valence-electron chi connectivity index (χ4n) is 1.97. The molecule has 1 N–H and O–H groups in total. The monoisotopic (exact) mass is 355 g/mol. The van der Waals surface area contributed by atoms with Gasteiger partial charge in [0.2, 0.25) is 0 Å². The third-order valence-electron chi connectivity index (χ3n) is 3.28. The summed E-state index contributed by atoms with van der Waals surface area (Å²) in [6.07, 6.45) is 2.99. The Morgan fingerprint density at radius 3 is 2.91 bits per heavy atom. The molecule has 124 valence electrons. The zero-order valence-corrected chi connectivity index (χ0v) is 14.6. The van der Waals surface area contributed by atoms with Crippen molar-refractivity contribution in [2.45, 2.75) is 39.3 Å². The number of ether oxygens (including phenoxy) is 1. The highest BCUT2D eigenvalue weighted by molar-refractivity contribution is 6.42. The van der Waals surface area contributed by atoms with E-state index in [1.54, 1.807) is 42.1 Å². The molecule has 0 aliphatic heterocycles. The van der Waals surface area contributed by atoms with E-state index in [1.807, 2.05) is 0 Å². The summed E-state index contributed by atoms with van der Waals surface area (Å²) in [5, 5.41) is 7.69. The summed E-state index contributed by atoms with van der Waals surface area (Å²) in [6.45, 7) is 4.51. The van der Waals surface area contributed by atoms with Gasteiger partial charge in [0.15, 0.2) is 6.10 Å². The number of halogens is 2. The molecule has 23 heavy (non-hydrogen) atoms. The highest BCUT2D eigenvalue weighted by Crippen LogP contribution is 2.32. The third-order valence-corrected chi connectivity index (χ3v) is 4.08. The zero-order valence-electron chi connectivity index (χ0n) is 13.1. The van der Waals surface area contributed by atoms with Crippen LogP contribution in [0.1, 0.15) is 26.7 Å². The molecule has 0 spiro atoms. The molecule has 7 heteroatoms. The summed E-state index contributed by atoms with van der Waals surface area (Å²) in [4.78, 5) is 12.3. The van der Waals surface area contributed by atoms with Crippen LogP contribution < -0.4 is 10.1 Å². The van der Waals surface area contributed by atoms with Crippen molar-refractivity contribution in [2.24, 2.45) is 0 Å². The number of amides is 1. The molecule has 1 aromatic carbocycles. The van der Waals surface area contributed by atoms with E-state index in [1.165, 1.54) is 0 Å². The zero-order chi connectivity index (χ0) is 16.8. The molecule has 1 amide bonds. The number of anilines is 1. The average Bonchev–Trinajstić information content (AvgIpc) is 2.96. The molecular formula is C16H19Cl2N3O2. The van der Waals surface area contributed by atoms with E-state index in [4.69, 9.17) is 27.9 Å². The molecule has 1 aromatic heterocycles. The second kappa shape index (κ2) is 8.22.